The van der Waals surface area contributed by atoms with Crippen molar-refractivity contribution in [2.75, 3.05) is 5.32 Å². The number of hydrogen-bond acceptors (Lipinski definition) is 1. The maximum absolute atomic E-state index is 3.54. The fourth-order valence-electron chi connectivity index (χ4n) is 1.88. The molecular weight excluding hydrogens is 250 g/mol. The van der Waals surface area contributed by atoms with Gasteiger partial charge in [-0.25, -0.2) is 0 Å². The molecule has 1 aromatic carbocycles. The SMILES string of the molecule is Cc1cc(NC2C=CCCC2)ccc1Br. The van der Waals surface area contributed by atoms with Gasteiger partial charge in [-0.05, 0) is 49.9 Å². The number of allylic oxidation sites excluding steroid dienone is 1. The second-order valence-electron chi connectivity index (χ2n) is 4.07. The summed E-state index contributed by atoms with van der Waals surface area (Å²) in [4.78, 5) is 0. The number of halogens is 1. The van der Waals surface area contributed by atoms with E-state index in [0.717, 1.165) is 0 Å². The minimum Gasteiger partial charge on any atom is -0.379 e. The van der Waals surface area contributed by atoms with Crippen LogP contribution in [0, 0.1) is 6.92 Å². The Morgan fingerprint density at radius 2 is 2.27 bits per heavy atom. The molecule has 0 aromatic heterocycles. The first-order valence-electron chi connectivity index (χ1n) is 5.45. The van der Waals surface area contributed by atoms with Crippen LogP contribution in [-0.2, 0) is 0 Å². The molecule has 1 unspecified atom stereocenters. The van der Waals surface area contributed by atoms with E-state index in [0.29, 0.717) is 6.04 Å². The smallest absolute Gasteiger partial charge is 0.0444 e. The summed E-state index contributed by atoms with van der Waals surface area (Å²) in [6.45, 7) is 2.12. The van der Waals surface area contributed by atoms with Gasteiger partial charge in [0.1, 0.15) is 0 Å². The molecule has 0 spiro atoms. The van der Waals surface area contributed by atoms with Crippen LogP contribution in [0.15, 0.2) is 34.8 Å². The van der Waals surface area contributed by atoms with Gasteiger partial charge in [-0.2, -0.15) is 0 Å². The van der Waals surface area contributed by atoms with E-state index in [4.69, 9.17) is 0 Å². The van der Waals surface area contributed by atoms with E-state index in [9.17, 15) is 0 Å². The lowest BCUT2D eigenvalue weighted by Gasteiger charge is -2.19. The van der Waals surface area contributed by atoms with Gasteiger partial charge in [0, 0.05) is 16.2 Å². The lowest BCUT2D eigenvalue weighted by atomic mass is 10.0. The van der Waals surface area contributed by atoms with Crippen LogP contribution < -0.4 is 5.32 Å². The average molecular weight is 266 g/mol. The van der Waals surface area contributed by atoms with Crippen LogP contribution >= 0.6 is 15.9 Å². The molecule has 80 valence electrons. The van der Waals surface area contributed by atoms with Crippen molar-refractivity contribution in [3.05, 3.63) is 40.4 Å². The quantitative estimate of drug-likeness (QED) is 0.788. The van der Waals surface area contributed by atoms with Crippen molar-refractivity contribution >= 4 is 21.6 Å². The molecule has 0 saturated carbocycles. The van der Waals surface area contributed by atoms with E-state index in [1.54, 1.807) is 0 Å². The van der Waals surface area contributed by atoms with Crippen molar-refractivity contribution in [1.29, 1.82) is 0 Å². The monoisotopic (exact) mass is 265 g/mol. The van der Waals surface area contributed by atoms with E-state index in [2.05, 4.69) is 58.5 Å². The summed E-state index contributed by atoms with van der Waals surface area (Å²) < 4.78 is 1.17. The van der Waals surface area contributed by atoms with Crippen LogP contribution in [-0.4, -0.2) is 6.04 Å². The highest BCUT2D eigenvalue weighted by Gasteiger charge is 2.07. The van der Waals surface area contributed by atoms with Gasteiger partial charge in [0.05, 0.1) is 0 Å². The van der Waals surface area contributed by atoms with Crippen LogP contribution in [0.4, 0.5) is 5.69 Å². The summed E-state index contributed by atoms with van der Waals surface area (Å²) in [5.74, 6) is 0. The van der Waals surface area contributed by atoms with Crippen molar-refractivity contribution in [1.82, 2.24) is 0 Å². The second kappa shape index (κ2) is 4.84. The number of hydrogen-bond donors (Lipinski definition) is 1. The largest absolute Gasteiger partial charge is 0.379 e. The minimum absolute atomic E-state index is 0.513. The van der Waals surface area contributed by atoms with E-state index in [1.807, 2.05) is 0 Å². The third-order valence-corrected chi connectivity index (χ3v) is 3.65. The molecule has 1 nitrogen and oxygen atoms in total. The van der Waals surface area contributed by atoms with Crippen LogP contribution in [0.2, 0.25) is 0 Å². The van der Waals surface area contributed by atoms with Gasteiger partial charge in [-0.1, -0.05) is 28.1 Å². The highest BCUT2D eigenvalue weighted by Crippen LogP contribution is 2.22. The third-order valence-electron chi connectivity index (χ3n) is 2.76. The molecule has 1 atom stereocenters. The molecule has 2 heteroatoms. The van der Waals surface area contributed by atoms with E-state index in [1.165, 1.54) is 35.0 Å². The Hall–Kier alpha value is -0.760. The van der Waals surface area contributed by atoms with Crippen LogP contribution in [0.3, 0.4) is 0 Å². The van der Waals surface area contributed by atoms with Crippen molar-refractivity contribution in [3.63, 3.8) is 0 Å². The molecule has 0 aliphatic heterocycles. The van der Waals surface area contributed by atoms with Gasteiger partial charge in [-0.3, -0.25) is 0 Å². The molecule has 0 fully saturated rings. The first-order chi connectivity index (χ1) is 7.25. The summed E-state index contributed by atoms with van der Waals surface area (Å²) in [5, 5.41) is 3.54. The lowest BCUT2D eigenvalue weighted by Crippen LogP contribution is -2.18. The number of benzene rings is 1. The molecule has 0 heterocycles. The molecule has 0 amide bonds. The van der Waals surface area contributed by atoms with Crippen LogP contribution in [0.5, 0.6) is 0 Å². The van der Waals surface area contributed by atoms with Gasteiger partial charge >= 0.3 is 0 Å². The summed E-state index contributed by atoms with van der Waals surface area (Å²) >= 11 is 3.51. The standard InChI is InChI=1S/C13H16BrN/c1-10-9-12(7-8-13(10)14)15-11-5-3-2-4-6-11/h3,5,7-9,11,15H,2,4,6H2,1H3. The number of anilines is 1. The highest BCUT2D eigenvalue weighted by atomic mass is 79.9. The van der Waals surface area contributed by atoms with Gasteiger partial charge in [0.2, 0.25) is 0 Å². The Morgan fingerprint density at radius 1 is 1.40 bits per heavy atom. The van der Waals surface area contributed by atoms with Gasteiger partial charge < -0.3 is 5.32 Å². The summed E-state index contributed by atoms with van der Waals surface area (Å²) in [5.41, 5.74) is 2.49. The number of aryl methyl sites for hydroxylation is 1. The zero-order valence-electron chi connectivity index (χ0n) is 8.96. The predicted molar refractivity (Wildman–Crippen MR) is 69.3 cm³/mol. The van der Waals surface area contributed by atoms with Crippen molar-refractivity contribution in [3.8, 4) is 0 Å². The molecule has 0 saturated heterocycles. The number of rotatable bonds is 2. The van der Waals surface area contributed by atoms with Gasteiger partial charge in [0.25, 0.3) is 0 Å². The zero-order chi connectivity index (χ0) is 10.7. The van der Waals surface area contributed by atoms with Crippen LogP contribution in [0.25, 0.3) is 0 Å². The summed E-state index contributed by atoms with van der Waals surface area (Å²) in [6.07, 6.45) is 8.32. The molecule has 1 aliphatic rings. The second-order valence-corrected chi connectivity index (χ2v) is 4.93. The lowest BCUT2D eigenvalue weighted by molar-refractivity contribution is 0.673. The molecular formula is C13H16BrN. The first kappa shape index (κ1) is 10.7. The van der Waals surface area contributed by atoms with E-state index < -0.39 is 0 Å². The van der Waals surface area contributed by atoms with Gasteiger partial charge in [0.15, 0.2) is 0 Å². The minimum atomic E-state index is 0.513. The maximum Gasteiger partial charge on any atom is 0.0444 e. The number of nitrogens with one attached hydrogen (secondary N) is 1. The van der Waals surface area contributed by atoms with Gasteiger partial charge in [-0.15, -0.1) is 0 Å². The third kappa shape index (κ3) is 2.85. The van der Waals surface area contributed by atoms with E-state index >= 15 is 0 Å². The molecule has 0 radical (unpaired) electrons. The van der Waals surface area contributed by atoms with E-state index in [-0.39, 0.29) is 0 Å². The molecule has 1 N–H and O–H groups in total. The first-order valence-corrected chi connectivity index (χ1v) is 6.24. The Balaban J connectivity index is 2.07. The maximum atomic E-state index is 3.54. The molecule has 0 bridgehead atoms. The Kier molecular flexibility index (Phi) is 3.47. The average Bonchev–Trinajstić information content (AvgIpc) is 2.25. The predicted octanol–water partition coefficient (Wildman–Crippen LogP) is 4.28. The van der Waals surface area contributed by atoms with Crippen molar-refractivity contribution < 1.29 is 0 Å². The summed E-state index contributed by atoms with van der Waals surface area (Å²) in [7, 11) is 0. The fourth-order valence-corrected chi connectivity index (χ4v) is 2.13. The Labute approximate surface area is 99.7 Å². The topological polar surface area (TPSA) is 12.0 Å². The van der Waals surface area contributed by atoms with Crippen molar-refractivity contribution in [2.45, 2.75) is 32.2 Å². The molecule has 1 aromatic rings. The molecule has 1 aliphatic carbocycles. The normalized spacial score (nSPS) is 20.3. The van der Waals surface area contributed by atoms with Crippen LogP contribution in [0.1, 0.15) is 24.8 Å². The van der Waals surface area contributed by atoms with Crippen molar-refractivity contribution in [2.24, 2.45) is 0 Å². The molecule has 15 heavy (non-hydrogen) atoms. The highest BCUT2D eigenvalue weighted by molar-refractivity contribution is 9.10. The fraction of sp³-hybridized carbons (Fsp3) is 0.385. The Bertz CT molecular complexity index is 371. The zero-order valence-corrected chi connectivity index (χ0v) is 10.5. The molecule has 2 rings (SSSR count). The Morgan fingerprint density at radius 3 is 2.93 bits per heavy atom. The summed E-state index contributed by atoms with van der Waals surface area (Å²) in [6, 6.07) is 6.93.